The molecule has 0 amide bonds. The Bertz CT molecular complexity index is 652. The lowest BCUT2D eigenvalue weighted by molar-refractivity contribution is 0.304. The Kier molecular flexibility index (Phi) is 9.40. The fourth-order valence-corrected chi connectivity index (χ4v) is 5.25. The fraction of sp³-hybridized carbons (Fsp3) is 0.655. The third-order valence-electron chi connectivity index (χ3n) is 7.46. The van der Waals surface area contributed by atoms with Crippen LogP contribution in [0.4, 0.5) is 0 Å². The number of unbranched alkanes of at least 4 members (excludes halogenated alkanes) is 2. The SMILES string of the molecule is CCCCCc1ccc([C@H]2CC[C@H](C#C/C=C/[C@H]3CC[C@H](CC)CC3)CC2)cc1. The Balaban J connectivity index is 1.38. The molecule has 29 heavy (non-hydrogen) atoms. The molecule has 158 valence electrons. The monoisotopic (exact) mass is 390 g/mol. The van der Waals surface area contributed by atoms with E-state index in [1.54, 1.807) is 5.56 Å². The third-order valence-corrected chi connectivity index (χ3v) is 7.46. The molecule has 0 atom stereocenters. The van der Waals surface area contributed by atoms with Gasteiger partial charge in [-0.1, -0.05) is 75.3 Å². The van der Waals surface area contributed by atoms with Gasteiger partial charge in [0.1, 0.15) is 0 Å². The van der Waals surface area contributed by atoms with Crippen molar-refractivity contribution >= 4 is 0 Å². The lowest BCUT2D eigenvalue weighted by Crippen LogP contribution is -2.12. The van der Waals surface area contributed by atoms with Crippen LogP contribution in [0.2, 0.25) is 0 Å². The number of hydrogen-bond acceptors (Lipinski definition) is 0. The molecule has 0 bridgehead atoms. The summed E-state index contributed by atoms with van der Waals surface area (Å²) in [6.07, 6.45) is 21.9. The summed E-state index contributed by atoms with van der Waals surface area (Å²) in [5.41, 5.74) is 3.06. The van der Waals surface area contributed by atoms with Crippen LogP contribution in [0.1, 0.15) is 108 Å². The van der Waals surface area contributed by atoms with Crippen molar-refractivity contribution in [1.82, 2.24) is 0 Å². The molecular weight excluding hydrogens is 348 g/mol. The quantitative estimate of drug-likeness (QED) is 0.323. The number of allylic oxidation sites excluding steroid dienone is 2. The summed E-state index contributed by atoms with van der Waals surface area (Å²) in [6, 6.07) is 9.53. The Morgan fingerprint density at radius 3 is 2.24 bits per heavy atom. The second-order valence-corrected chi connectivity index (χ2v) is 9.58. The van der Waals surface area contributed by atoms with Crippen LogP contribution < -0.4 is 0 Å². The highest BCUT2D eigenvalue weighted by Gasteiger charge is 2.21. The largest absolute Gasteiger partial charge is 0.0951 e. The maximum Gasteiger partial charge on any atom is 0.0206 e. The highest BCUT2D eigenvalue weighted by Crippen LogP contribution is 2.35. The summed E-state index contributed by atoms with van der Waals surface area (Å²) in [4.78, 5) is 0. The summed E-state index contributed by atoms with van der Waals surface area (Å²) in [7, 11) is 0. The van der Waals surface area contributed by atoms with Crippen molar-refractivity contribution in [2.45, 2.75) is 103 Å². The van der Waals surface area contributed by atoms with Crippen LogP contribution in [0, 0.1) is 29.6 Å². The molecule has 0 nitrogen and oxygen atoms in total. The molecule has 0 unspecified atom stereocenters. The molecule has 3 rings (SSSR count). The molecule has 0 aliphatic heterocycles. The molecule has 0 radical (unpaired) electrons. The first kappa shape index (κ1) is 22.2. The third kappa shape index (κ3) is 7.37. The molecule has 0 heterocycles. The molecule has 1 aromatic carbocycles. The number of aryl methyl sites for hydroxylation is 1. The topological polar surface area (TPSA) is 0 Å². The van der Waals surface area contributed by atoms with Crippen LogP contribution >= 0.6 is 0 Å². The molecule has 1 aromatic rings. The summed E-state index contributed by atoms with van der Waals surface area (Å²) in [5, 5.41) is 0. The van der Waals surface area contributed by atoms with Crippen molar-refractivity contribution in [3.05, 3.63) is 47.5 Å². The van der Waals surface area contributed by atoms with E-state index in [1.165, 1.54) is 89.0 Å². The summed E-state index contributed by atoms with van der Waals surface area (Å²) in [6.45, 7) is 4.61. The summed E-state index contributed by atoms with van der Waals surface area (Å²) in [5.74, 6) is 10.1. The normalized spacial score (nSPS) is 27.5. The Morgan fingerprint density at radius 2 is 1.59 bits per heavy atom. The zero-order chi connectivity index (χ0) is 20.3. The lowest BCUT2D eigenvalue weighted by atomic mass is 9.78. The standard InChI is InChI=1S/C29H42/c1-3-5-6-9-26-16-20-28(21-17-26)29-22-18-27(19-23-29)11-8-7-10-25-14-12-24(4-2)13-15-25/h7,10,16-17,20-21,24-25,27,29H,3-6,9,12-15,18-19,22-23H2,1-2H3/b10-7+/t24-,25-,27-,29-. The van der Waals surface area contributed by atoms with Crippen molar-refractivity contribution in [1.29, 1.82) is 0 Å². The predicted octanol–water partition coefficient (Wildman–Crippen LogP) is 8.47. The van der Waals surface area contributed by atoms with Crippen molar-refractivity contribution in [2.75, 3.05) is 0 Å². The van der Waals surface area contributed by atoms with Gasteiger partial charge in [-0.25, -0.2) is 0 Å². The number of hydrogen-bond donors (Lipinski definition) is 0. The van der Waals surface area contributed by atoms with Crippen molar-refractivity contribution in [2.24, 2.45) is 17.8 Å². The first-order valence-electron chi connectivity index (χ1n) is 12.5. The zero-order valence-corrected chi connectivity index (χ0v) is 19.0. The van der Waals surface area contributed by atoms with Gasteiger partial charge in [-0.05, 0) is 99.2 Å². The van der Waals surface area contributed by atoms with Gasteiger partial charge in [0.25, 0.3) is 0 Å². The van der Waals surface area contributed by atoms with Gasteiger partial charge >= 0.3 is 0 Å². The molecule has 2 aliphatic rings. The fourth-order valence-electron chi connectivity index (χ4n) is 5.25. The van der Waals surface area contributed by atoms with Gasteiger partial charge in [0, 0.05) is 5.92 Å². The van der Waals surface area contributed by atoms with E-state index in [4.69, 9.17) is 0 Å². The summed E-state index contributed by atoms with van der Waals surface area (Å²) >= 11 is 0. The van der Waals surface area contributed by atoms with Crippen molar-refractivity contribution in [3.8, 4) is 11.8 Å². The van der Waals surface area contributed by atoms with Crippen molar-refractivity contribution < 1.29 is 0 Å². The van der Waals surface area contributed by atoms with Gasteiger partial charge in [0.15, 0.2) is 0 Å². The zero-order valence-electron chi connectivity index (χ0n) is 19.0. The molecule has 0 N–H and O–H groups in total. The molecule has 2 saturated carbocycles. The highest BCUT2D eigenvalue weighted by molar-refractivity contribution is 5.26. The van der Waals surface area contributed by atoms with E-state index in [0.29, 0.717) is 5.92 Å². The minimum absolute atomic E-state index is 0.611. The molecule has 0 aromatic heterocycles. The minimum atomic E-state index is 0.611. The second kappa shape index (κ2) is 12.3. The van der Waals surface area contributed by atoms with E-state index in [0.717, 1.165) is 17.8 Å². The van der Waals surface area contributed by atoms with E-state index in [1.807, 2.05) is 0 Å². The highest BCUT2D eigenvalue weighted by atomic mass is 14.3. The number of benzene rings is 1. The Hall–Kier alpha value is -1.48. The molecule has 2 fully saturated rings. The lowest BCUT2D eigenvalue weighted by Gasteiger charge is -2.26. The van der Waals surface area contributed by atoms with Crippen molar-refractivity contribution in [3.63, 3.8) is 0 Å². The maximum absolute atomic E-state index is 3.55. The molecular formula is C29H42. The van der Waals surface area contributed by atoms with Crippen LogP contribution in [0.3, 0.4) is 0 Å². The van der Waals surface area contributed by atoms with Gasteiger partial charge in [-0.15, -0.1) is 0 Å². The Morgan fingerprint density at radius 1 is 0.862 bits per heavy atom. The second-order valence-electron chi connectivity index (χ2n) is 9.58. The molecule has 0 heteroatoms. The first-order valence-corrected chi connectivity index (χ1v) is 12.5. The van der Waals surface area contributed by atoms with Gasteiger partial charge in [-0.3, -0.25) is 0 Å². The van der Waals surface area contributed by atoms with Crippen LogP contribution in [0.15, 0.2) is 36.4 Å². The van der Waals surface area contributed by atoms with E-state index >= 15 is 0 Å². The molecule has 0 spiro atoms. The van der Waals surface area contributed by atoms with Gasteiger partial charge < -0.3 is 0 Å². The average Bonchev–Trinajstić information content (AvgIpc) is 2.78. The van der Waals surface area contributed by atoms with E-state index in [2.05, 4.69) is 62.1 Å². The maximum atomic E-state index is 3.55. The van der Waals surface area contributed by atoms with Gasteiger partial charge in [0.2, 0.25) is 0 Å². The average molecular weight is 391 g/mol. The predicted molar refractivity (Wildman–Crippen MR) is 127 cm³/mol. The summed E-state index contributed by atoms with van der Waals surface area (Å²) < 4.78 is 0. The van der Waals surface area contributed by atoms with Crippen LogP contribution in [-0.2, 0) is 6.42 Å². The van der Waals surface area contributed by atoms with Crippen LogP contribution in [0.5, 0.6) is 0 Å². The molecule has 2 aliphatic carbocycles. The first-order chi connectivity index (χ1) is 14.3. The van der Waals surface area contributed by atoms with Gasteiger partial charge in [0.05, 0.1) is 0 Å². The molecule has 0 saturated heterocycles. The van der Waals surface area contributed by atoms with E-state index in [9.17, 15) is 0 Å². The smallest absolute Gasteiger partial charge is 0.0206 e. The minimum Gasteiger partial charge on any atom is -0.0951 e. The Labute approximate surface area is 180 Å². The van der Waals surface area contributed by atoms with Gasteiger partial charge in [-0.2, -0.15) is 0 Å². The van der Waals surface area contributed by atoms with E-state index in [-0.39, 0.29) is 0 Å². The van der Waals surface area contributed by atoms with Crippen LogP contribution in [0.25, 0.3) is 0 Å². The van der Waals surface area contributed by atoms with E-state index < -0.39 is 0 Å². The number of rotatable bonds is 7. The van der Waals surface area contributed by atoms with Crippen LogP contribution in [-0.4, -0.2) is 0 Å².